The summed E-state index contributed by atoms with van der Waals surface area (Å²) in [4.78, 5) is 47.5. The largest absolute Gasteiger partial charge is 0.465 e. The highest BCUT2D eigenvalue weighted by atomic mass is 19.1. The molecule has 4 heterocycles. The Labute approximate surface area is 299 Å². The zero-order valence-electron chi connectivity index (χ0n) is 28.7. The van der Waals surface area contributed by atoms with Crippen LogP contribution in [0.25, 0.3) is 16.9 Å². The number of hydrogen-bond donors (Lipinski definition) is 2. The molecule has 2 saturated heterocycles. The van der Waals surface area contributed by atoms with Crippen LogP contribution < -0.4 is 15.8 Å². The van der Waals surface area contributed by atoms with Crippen LogP contribution in [-0.2, 0) is 0 Å². The first kappa shape index (κ1) is 36.4. The summed E-state index contributed by atoms with van der Waals surface area (Å²) < 4.78 is 30.1. The van der Waals surface area contributed by atoms with Crippen molar-refractivity contribution in [2.75, 3.05) is 49.5 Å². The van der Waals surface area contributed by atoms with Crippen LogP contribution in [0.4, 0.5) is 30.9 Å². The molecule has 0 bridgehead atoms. The predicted octanol–water partition coefficient (Wildman–Crippen LogP) is 6.18. The number of carboxylic acid groups (broad SMARTS) is 1. The van der Waals surface area contributed by atoms with Crippen molar-refractivity contribution in [3.05, 3.63) is 105 Å². The number of nitrogens with zero attached hydrogens (tertiary/aromatic N) is 7. The quantitative estimate of drug-likeness (QED) is 0.168. The van der Waals surface area contributed by atoms with Gasteiger partial charge in [0.05, 0.1) is 22.9 Å². The Bertz CT molecular complexity index is 1920. The van der Waals surface area contributed by atoms with Crippen molar-refractivity contribution in [1.82, 2.24) is 24.3 Å². The minimum absolute atomic E-state index is 0.00754. The molecule has 52 heavy (non-hydrogen) atoms. The Morgan fingerprint density at radius 2 is 1.63 bits per heavy atom. The molecule has 2 aliphatic heterocycles. The molecule has 3 aliphatic rings. The number of rotatable bonds is 7. The molecule has 15 heteroatoms. The average molecular weight is 717 g/mol. The Balaban J connectivity index is 0.000000187. The zero-order valence-corrected chi connectivity index (χ0v) is 28.7. The Hall–Kier alpha value is -5.44. The van der Waals surface area contributed by atoms with Gasteiger partial charge in [-0.1, -0.05) is 37.5 Å². The van der Waals surface area contributed by atoms with E-state index in [9.17, 15) is 28.5 Å². The highest BCUT2D eigenvalue weighted by molar-refractivity contribution is 5.65. The molecular formula is C37H42F2N8O5. The fourth-order valence-corrected chi connectivity index (χ4v) is 7.12. The monoisotopic (exact) mass is 716 g/mol. The number of carbonyl (C=O) groups is 1. The second kappa shape index (κ2) is 16.7. The third-order valence-electron chi connectivity index (χ3n) is 9.95. The van der Waals surface area contributed by atoms with Crippen LogP contribution in [0.3, 0.4) is 0 Å². The minimum Gasteiger partial charge on any atom is -0.465 e. The number of piperidine rings is 1. The van der Waals surface area contributed by atoms with Gasteiger partial charge in [0.15, 0.2) is 11.6 Å². The molecule has 1 amide bonds. The van der Waals surface area contributed by atoms with Gasteiger partial charge in [-0.15, -0.1) is 0 Å². The van der Waals surface area contributed by atoms with Gasteiger partial charge in [0, 0.05) is 80.9 Å². The summed E-state index contributed by atoms with van der Waals surface area (Å²) in [7, 11) is 0. The number of benzene rings is 2. The van der Waals surface area contributed by atoms with Crippen molar-refractivity contribution in [2.24, 2.45) is 0 Å². The van der Waals surface area contributed by atoms with Crippen molar-refractivity contribution in [1.29, 1.82) is 0 Å². The third-order valence-corrected chi connectivity index (χ3v) is 9.95. The molecule has 3 fully saturated rings. The standard InChI is InChI=1S/C21H20FN5O3.C16H22FN3O2/c22-17-13-23-20(24-15-7-10-26(11-8-15)21(29)30)25-19(17)14-4-3-5-16(12-14)27-9-2-1-6-18(27)28;17-15-12-14(20(21)22)6-7-16(15)19-10-8-18(9-11-19)13-4-2-1-3-5-13/h1-6,9,12-13,15H,7-8,10-11H2,(H,29,30)(H,23,24,25);6-7,12-13H,1-5,8-11H2. The first-order chi connectivity index (χ1) is 25.2. The number of anilines is 2. The van der Waals surface area contributed by atoms with Crippen molar-refractivity contribution in [3.63, 3.8) is 0 Å². The van der Waals surface area contributed by atoms with Gasteiger partial charge in [0.1, 0.15) is 5.69 Å². The second-order valence-corrected chi connectivity index (χ2v) is 13.2. The molecule has 7 rings (SSSR count). The molecule has 1 aliphatic carbocycles. The van der Waals surface area contributed by atoms with E-state index in [-0.39, 0.29) is 28.9 Å². The van der Waals surface area contributed by atoms with Gasteiger partial charge in [-0.2, -0.15) is 0 Å². The van der Waals surface area contributed by atoms with E-state index in [1.54, 1.807) is 42.6 Å². The van der Waals surface area contributed by atoms with Crippen LogP contribution in [0.2, 0.25) is 0 Å². The van der Waals surface area contributed by atoms with Crippen molar-refractivity contribution >= 4 is 23.4 Å². The number of likely N-dealkylation sites (tertiary alicyclic amines) is 1. The molecule has 2 N–H and O–H groups in total. The molecular weight excluding hydrogens is 674 g/mol. The highest BCUT2D eigenvalue weighted by Gasteiger charge is 2.27. The fourth-order valence-electron chi connectivity index (χ4n) is 7.12. The SMILES string of the molecule is O=C(O)N1CCC(Nc2ncc(F)c(-c3cccc(-n4ccccc4=O)c3)n2)CC1.O=[N+]([O-])c1ccc(N2CCN(C3CCCCC3)CC2)c(F)c1. The van der Waals surface area contributed by atoms with E-state index in [1.807, 2.05) is 4.90 Å². The topological polar surface area (TPSA) is 150 Å². The van der Waals surface area contributed by atoms with Crippen LogP contribution in [0.15, 0.2) is 77.9 Å². The molecule has 2 aromatic carbocycles. The molecule has 0 unspecified atom stereocenters. The fraction of sp³-hybridized carbons (Fsp3) is 0.405. The molecule has 1 saturated carbocycles. The summed E-state index contributed by atoms with van der Waals surface area (Å²) in [6, 6.07) is 16.4. The van der Waals surface area contributed by atoms with E-state index in [0.29, 0.717) is 48.9 Å². The Morgan fingerprint density at radius 3 is 2.31 bits per heavy atom. The maximum atomic E-state index is 14.5. The number of nitro benzene ring substituents is 1. The first-order valence-corrected chi connectivity index (χ1v) is 17.6. The first-order valence-electron chi connectivity index (χ1n) is 17.6. The van der Waals surface area contributed by atoms with Crippen molar-refractivity contribution < 1.29 is 23.6 Å². The van der Waals surface area contributed by atoms with E-state index in [0.717, 1.165) is 38.4 Å². The van der Waals surface area contributed by atoms with Gasteiger partial charge in [-0.3, -0.25) is 24.4 Å². The highest BCUT2D eigenvalue weighted by Crippen LogP contribution is 2.28. The van der Waals surface area contributed by atoms with Crippen LogP contribution >= 0.6 is 0 Å². The maximum absolute atomic E-state index is 14.5. The zero-order chi connectivity index (χ0) is 36.6. The second-order valence-electron chi connectivity index (χ2n) is 13.2. The van der Waals surface area contributed by atoms with Gasteiger partial charge in [0.25, 0.3) is 11.2 Å². The van der Waals surface area contributed by atoms with Gasteiger partial charge in [0.2, 0.25) is 5.95 Å². The summed E-state index contributed by atoms with van der Waals surface area (Å²) in [6.07, 6.45) is 9.63. The van der Waals surface area contributed by atoms with E-state index in [4.69, 9.17) is 5.11 Å². The summed E-state index contributed by atoms with van der Waals surface area (Å²) in [5.41, 5.74) is 1.35. The summed E-state index contributed by atoms with van der Waals surface area (Å²) in [5, 5.41) is 22.9. The van der Waals surface area contributed by atoms with Crippen LogP contribution in [0.5, 0.6) is 0 Å². The number of nitrogens with one attached hydrogen (secondary N) is 1. The lowest BCUT2D eigenvalue weighted by molar-refractivity contribution is -0.385. The lowest BCUT2D eigenvalue weighted by atomic mass is 9.94. The van der Waals surface area contributed by atoms with Crippen molar-refractivity contribution in [2.45, 2.75) is 57.0 Å². The van der Waals surface area contributed by atoms with Crippen molar-refractivity contribution in [3.8, 4) is 16.9 Å². The van der Waals surface area contributed by atoms with Gasteiger partial charge >= 0.3 is 6.09 Å². The number of non-ortho nitro benzene ring substituents is 1. The number of aromatic nitrogens is 3. The van der Waals surface area contributed by atoms with Crippen LogP contribution in [-0.4, -0.2) is 91.8 Å². The van der Waals surface area contributed by atoms with E-state index < -0.39 is 22.7 Å². The molecule has 0 spiro atoms. The average Bonchev–Trinajstić information content (AvgIpc) is 3.17. The molecule has 0 atom stereocenters. The van der Waals surface area contributed by atoms with Crippen LogP contribution in [0, 0.1) is 21.7 Å². The van der Waals surface area contributed by atoms with Crippen LogP contribution in [0.1, 0.15) is 44.9 Å². The lowest BCUT2D eigenvalue weighted by Gasteiger charge is -2.41. The third kappa shape index (κ3) is 8.88. The summed E-state index contributed by atoms with van der Waals surface area (Å²) >= 11 is 0. The molecule has 4 aromatic rings. The number of pyridine rings is 1. The summed E-state index contributed by atoms with van der Waals surface area (Å²) in [6.45, 7) is 4.31. The molecule has 0 radical (unpaired) electrons. The number of nitro groups is 1. The number of amides is 1. The summed E-state index contributed by atoms with van der Waals surface area (Å²) in [5.74, 6) is -0.790. The lowest BCUT2D eigenvalue weighted by Crippen LogP contribution is -2.51. The number of halogens is 2. The predicted molar refractivity (Wildman–Crippen MR) is 193 cm³/mol. The normalized spacial score (nSPS) is 17.3. The minimum atomic E-state index is -0.925. The number of hydrogen-bond acceptors (Lipinski definition) is 9. The molecule has 2 aromatic heterocycles. The van der Waals surface area contributed by atoms with Gasteiger partial charge in [-0.25, -0.2) is 23.5 Å². The van der Waals surface area contributed by atoms with Gasteiger partial charge in [-0.05, 0) is 49.9 Å². The van der Waals surface area contributed by atoms with E-state index in [2.05, 4.69) is 20.2 Å². The Morgan fingerprint density at radius 1 is 0.885 bits per heavy atom. The molecule has 274 valence electrons. The molecule has 13 nitrogen and oxygen atoms in total. The maximum Gasteiger partial charge on any atom is 0.407 e. The van der Waals surface area contributed by atoms with E-state index in [1.165, 1.54) is 59.8 Å². The number of piperazine rings is 1. The Kier molecular flexibility index (Phi) is 11.7. The van der Waals surface area contributed by atoms with Gasteiger partial charge < -0.3 is 20.2 Å². The van der Waals surface area contributed by atoms with E-state index >= 15 is 0 Å². The smallest absolute Gasteiger partial charge is 0.407 e.